The predicted octanol–water partition coefficient (Wildman–Crippen LogP) is 1.01. The van der Waals surface area contributed by atoms with E-state index in [1.165, 1.54) is 24.3 Å². The summed E-state index contributed by atoms with van der Waals surface area (Å²) in [6, 6.07) is 4.10. The van der Waals surface area contributed by atoms with Gasteiger partial charge in [0.05, 0.1) is 10.6 Å². The molecule has 0 fully saturated rings. The second-order valence-corrected chi connectivity index (χ2v) is 9.71. The summed E-state index contributed by atoms with van der Waals surface area (Å²) in [7, 11) is -7.20. The zero-order valence-corrected chi connectivity index (χ0v) is 14.8. The van der Waals surface area contributed by atoms with Gasteiger partial charge in [0.1, 0.15) is 6.04 Å². The van der Waals surface area contributed by atoms with Crippen LogP contribution in [0, 0.1) is 5.92 Å². The number of aliphatic carboxylic acids is 1. The Hall–Kier alpha value is -1.45. The highest BCUT2D eigenvalue weighted by Gasteiger charge is 2.26. The first-order valence-electron chi connectivity index (χ1n) is 6.92. The molecule has 1 aromatic carbocycles. The zero-order valence-electron chi connectivity index (χ0n) is 13.2. The van der Waals surface area contributed by atoms with Crippen LogP contribution in [-0.2, 0) is 30.4 Å². The Kier molecular flexibility index (Phi) is 6.32. The molecule has 0 bridgehead atoms. The molecule has 130 valence electrons. The molecule has 0 saturated heterocycles. The second-order valence-electron chi connectivity index (χ2n) is 5.86. The van der Waals surface area contributed by atoms with E-state index < -0.39 is 31.9 Å². The fourth-order valence-corrected chi connectivity index (χ4v) is 3.99. The number of hydrogen-bond acceptors (Lipinski definition) is 5. The molecule has 2 N–H and O–H groups in total. The molecule has 0 unspecified atom stereocenters. The van der Waals surface area contributed by atoms with Crippen molar-refractivity contribution < 1.29 is 26.7 Å². The minimum Gasteiger partial charge on any atom is -0.480 e. The summed E-state index contributed by atoms with van der Waals surface area (Å²) in [6.07, 6.45) is 1.25. The van der Waals surface area contributed by atoms with Crippen LogP contribution in [0.5, 0.6) is 0 Å². The number of hydrogen-bond donors (Lipinski definition) is 2. The number of sulfonamides is 1. The van der Waals surface area contributed by atoms with Crippen molar-refractivity contribution in [3.05, 3.63) is 29.8 Å². The number of sulfone groups is 1. The lowest BCUT2D eigenvalue weighted by atomic mass is 10.1. The van der Waals surface area contributed by atoms with Gasteiger partial charge in [0, 0.05) is 6.26 Å². The maximum atomic E-state index is 12.2. The summed E-state index contributed by atoms with van der Waals surface area (Å²) < 4.78 is 49.0. The number of carboxylic acids is 1. The first-order chi connectivity index (χ1) is 10.4. The highest BCUT2D eigenvalue weighted by Crippen LogP contribution is 2.14. The van der Waals surface area contributed by atoms with Crippen molar-refractivity contribution in [1.29, 1.82) is 0 Å². The average molecular weight is 363 g/mol. The summed E-state index contributed by atoms with van der Waals surface area (Å²) in [4.78, 5) is 11.1. The van der Waals surface area contributed by atoms with E-state index in [0.29, 0.717) is 5.56 Å². The molecule has 0 heterocycles. The van der Waals surface area contributed by atoms with Crippen molar-refractivity contribution in [2.45, 2.75) is 37.0 Å². The Balaban J connectivity index is 2.97. The standard InChI is InChI=1S/C14H21NO6S2/c1-10(2)8-13(14(16)17)15-23(20,21)12-6-4-11(5-7-12)9-22(3,18)19/h4-7,10,13,15H,8-9H2,1-3H3,(H,16,17)/t13-/m1/s1. The molecule has 0 aliphatic heterocycles. The van der Waals surface area contributed by atoms with Crippen LogP contribution in [0.15, 0.2) is 29.2 Å². The third-order valence-corrected chi connectivity index (χ3v) is 5.31. The quantitative estimate of drug-likeness (QED) is 0.712. The molecule has 0 amide bonds. The van der Waals surface area contributed by atoms with Crippen LogP contribution in [0.2, 0.25) is 0 Å². The van der Waals surface area contributed by atoms with Crippen LogP contribution in [0.25, 0.3) is 0 Å². The lowest BCUT2D eigenvalue weighted by molar-refractivity contribution is -0.139. The van der Waals surface area contributed by atoms with E-state index in [1.54, 1.807) is 13.8 Å². The minimum absolute atomic E-state index is 0.0101. The maximum absolute atomic E-state index is 12.2. The maximum Gasteiger partial charge on any atom is 0.321 e. The molecule has 0 saturated carbocycles. The highest BCUT2D eigenvalue weighted by atomic mass is 32.2. The van der Waals surface area contributed by atoms with Gasteiger partial charge in [-0.15, -0.1) is 0 Å². The molecule has 0 aromatic heterocycles. The molecule has 9 heteroatoms. The van der Waals surface area contributed by atoms with Crippen molar-refractivity contribution in [1.82, 2.24) is 4.72 Å². The van der Waals surface area contributed by atoms with E-state index >= 15 is 0 Å². The molecule has 0 aliphatic carbocycles. The lowest BCUT2D eigenvalue weighted by Gasteiger charge is -2.16. The summed E-state index contributed by atoms with van der Waals surface area (Å²) in [5, 5.41) is 9.11. The summed E-state index contributed by atoms with van der Waals surface area (Å²) >= 11 is 0. The molecule has 7 nitrogen and oxygen atoms in total. The van der Waals surface area contributed by atoms with Crippen molar-refractivity contribution in [3.8, 4) is 0 Å². The fraction of sp³-hybridized carbons (Fsp3) is 0.500. The Bertz CT molecular complexity index is 751. The first kappa shape index (κ1) is 19.6. The van der Waals surface area contributed by atoms with Gasteiger partial charge in [-0.25, -0.2) is 16.8 Å². The van der Waals surface area contributed by atoms with Crippen molar-refractivity contribution >= 4 is 25.8 Å². The normalized spacial score (nSPS) is 13.9. The van der Waals surface area contributed by atoms with Gasteiger partial charge in [-0.1, -0.05) is 26.0 Å². The molecule has 1 aromatic rings. The third kappa shape index (κ3) is 6.67. The number of carboxylic acid groups (broad SMARTS) is 1. The van der Waals surface area contributed by atoms with Gasteiger partial charge < -0.3 is 5.11 Å². The Morgan fingerprint density at radius 1 is 1.13 bits per heavy atom. The monoisotopic (exact) mass is 363 g/mol. The summed E-state index contributed by atoms with van der Waals surface area (Å²) in [5.41, 5.74) is 0.461. The number of nitrogens with one attached hydrogen (secondary N) is 1. The molecule has 0 radical (unpaired) electrons. The first-order valence-corrected chi connectivity index (χ1v) is 10.5. The van der Waals surface area contributed by atoms with Gasteiger partial charge in [-0.05, 0) is 30.0 Å². The van der Waals surface area contributed by atoms with E-state index in [4.69, 9.17) is 5.11 Å². The molecule has 1 atom stereocenters. The SMILES string of the molecule is CC(C)C[C@@H](NS(=O)(=O)c1ccc(CS(C)(=O)=O)cc1)C(=O)O. The van der Waals surface area contributed by atoms with Crippen LogP contribution < -0.4 is 4.72 Å². The van der Waals surface area contributed by atoms with Gasteiger partial charge >= 0.3 is 5.97 Å². The van der Waals surface area contributed by atoms with Crippen LogP contribution in [0.1, 0.15) is 25.8 Å². The molecule has 0 spiro atoms. The van der Waals surface area contributed by atoms with Crippen LogP contribution in [0.3, 0.4) is 0 Å². The Morgan fingerprint density at radius 2 is 1.65 bits per heavy atom. The molecular formula is C14H21NO6S2. The molecule has 1 rings (SSSR count). The van der Waals surface area contributed by atoms with E-state index in [0.717, 1.165) is 6.26 Å². The summed E-state index contributed by atoms with van der Waals surface area (Å²) in [6.45, 7) is 3.59. The van der Waals surface area contributed by atoms with Gasteiger partial charge in [-0.2, -0.15) is 4.72 Å². The zero-order chi connectivity index (χ0) is 17.8. The smallest absolute Gasteiger partial charge is 0.321 e. The van der Waals surface area contributed by atoms with E-state index in [9.17, 15) is 21.6 Å². The lowest BCUT2D eigenvalue weighted by Crippen LogP contribution is -2.41. The Labute approximate surface area is 136 Å². The highest BCUT2D eigenvalue weighted by molar-refractivity contribution is 7.90. The van der Waals surface area contributed by atoms with E-state index in [-0.39, 0.29) is 23.0 Å². The topological polar surface area (TPSA) is 118 Å². The van der Waals surface area contributed by atoms with Crippen molar-refractivity contribution in [2.24, 2.45) is 5.92 Å². The van der Waals surface area contributed by atoms with Gasteiger partial charge in [-0.3, -0.25) is 4.79 Å². The molecule has 0 aliphatic rings. The van der Waals surface area contributed by atoms with Crippen molar-refractivity contribution in [2.75, 3.05) is 6.26 Å². The van der Waals surface area contributed by atoms with Crippen LogP contribution in [-0.4, -0.2) is 40.2 Å². The molecular weight excluding hydrogens is 342 g/mol. The van der Waals surface area contributed by atoms with E-state index in [1.807, 2.05) is 0 Å². The fourth-order valence-electron chi connectivity index (χ4n) is 1.99. The van der Waals surface area contributed by atoms with Gasteiger partial charge in [0.25, 0.3) is 0 Å². The van der Waals surface area contributed by atoms with Gasteiger partial charge in [0.2, 0.25) is 10.0 Å². The van der Waals surface area contributed by atoms with Gasteiger partial charge in [0.15, 0.2) is 9.84 Å². The largest absolute Gasteiger partial charge is 0.480 e. The minimum atomic E-state index is -3.99. The number of rotatable bonds is 8. The predicted molar refractivity (Wildman–Crippen MR) is 86.2 cm³/mol. The van der Waals surface area contributed by atoms with E-state index in [2.05, 4.69) is 4.72 Å². The van der Waals surface area contributed by atoms with Crippen LogP contribution in [0.4, 0.5) is 0 Å². The van der Waals surface area contributed by atoms with Crippen molar-refractivity contribution in [3.63, 3.8) is 0 Å². The Morgan fingerprint density at radius 3 is 2.04 bits per heavy atom. The summed E-state index contributed by atoms with van der Waals surface area (Å²) in [5.74, 6) is -1.42. The number of benzene rings is 1. The third-order valence-electron chi connectivity index (χ3n) is 2.97. The van der Waals surface area contributed by atoms with Crippen LogP contribution >= 0.6 is 0 Å². The number of carbonyl (C=O) groups is 1. The average Bonchev–Trinajstić information content (AvgIpc) is 2.35. The second kappa shape index (κ2) is 7.41. The molecule has 23 heavy (non-hydrogen) atoms.